The predicted octanol–water partition coefficient (Wildman–Crippen LogP) is 1.16. The van der Waals surface area contributed by atoms with Crippen LogP contribution < -0.4 is 10.0 Å². The molecule has 1 aromatic rings. The van der Waals surface area contributed by atoms with Crippen LogP contribution in [0.25, 0.3) is 0 Å². The summed E-state index contributed by atoms with van der Waals surface area (Å²) in [7, 11) is -3.86. The molecule has 0 spiro atoms. The standard InChI is InChI=1S/C13H17FN2O3S/c14-11-4-1-2-5-12(11)20(18,19)15-9-3-6-13(17)16-10-7-8-10/h1-2,4-5,10,15H,3,6-9H2,(H,16,17). The second-order valence-electron chi connectivity index (χ2n) is 4.77. The molecule has 0 heterocycles. The van der Waals surface area contributed by atoms with Crippen LogP contribution in [0.1, 0.15) is 25.7 Å². The monoisotopic (exact) mass is 300 g/mol. The molecule has 5 nitrogen and oxygen atoms in total. The number of nitrogens with one attached hydrogen (secondary N) is 2. The summed E-state index contributed by atoms with van der Waals surface area (Å²) < 4.78 is 39.3. The molecule has 0 radical (unpaired) electrons. The Balaban J connectivity index is 1.78. The van der Waals surface area contributed by atoms with Crippen LogP contribution in [-0.2, 0) is 14.8 Å². The smallest absolute Gasteiger partial charge is 0.243 e. The van der Waals surface area contributed by atoms with Crippen molar-refractivity contribution in [2.75, 3.05) is 6.54 Å². The summed E-state index contributed by atoms with van der Waals surface area (Å²) in [6.07, 6.45) is 2.68. The van der Waals surface area contributed by atoms with Gasteiger partial charge in [0.2, 0.25) is 15.9 Å². The van der Waals surface area contributed by atoms with E-state index in [4.69, 9.17) is 0 Å². The number of carbonyl (C=O) groups excluding carboxylic acids is 1. The fourth-order valence-electron chi connectivity index (χ4n) is 1.72. The maximum absolute atomic E-state index is 13.4. The molecule has 2 rings (SSSR count). The Morgan fingerprint density at radius 3 is 2.65 bits per heavy atom. The summed E-state index contributed by atoms with van der Waals surface area (Å²) in [5, 5.41) is 2.82. The number of sulfonamides is 1. The third-order valence-electron chi connectivity index (χ3n) is 2.94. The minimum atomic E-state index is -3.86. The number of hydrogen-bond acceptors (Lipinski definition) is 3. The van der Waals surface area contributed by atoms with E-state index in [1.165, 1.54) is 18.2 Å². The molecule has 1 amide bonds. The zero-order valence-electron chi connectivity index (χ0n) is 10.9. The third-order valence-corrected chi connectivity index (χ3v) is 4.44. The van der Waals surface area contributed by atoms with Gasteiger partial charge < -0.3 is 5.32 Å². The van der Waals surface area contributed by atoms with Crippen LogP contribution in [0.3, 0.4) is 0 Å². The number of benzene rings is 1. The molecule has 7 heteroatoms. The molecule has 0 saturated heterocycles. The molecular formula is C13H17FN2O3S. The van der Waals surface area contributed by atoms with Gasteiger partial charge in [-0.3, -0.25) is 4.79 Å². The summed E-state index contributed by atoms with van der Waals surface area (Å²) >= 11 is 0. The van der Waals surface area contributed by atoms with Gasteiger partial charge in [-0.15, -0.1) is 0 Å². The SMILES string of the molecule is O=C(CCCNS(=O)(=O)c1ccccc1F)NC1CC1. The summed E-state index contributed by atoms with van der Waals surface area (Å²) in [4.78, 5) is 11.0. The van der Waals surface area contributed by atoms with E-state index in [0.29, 0.717) is 12.5 Å². The fraction of sp³-hybridized carbons (Fsp3) is 0.462. The zero-order chi connectivity index (χ0) is 14.6. The fourth-order valence-corrected chi connectivity index (χ4v) is 2.87. The molecule has 1 aliphatic carbocycles. The van der Waals surface area contributed by atoms with Gasteiger partial charge in [0.25, 0.3) is 0 Å². The van der Waals surface area contributed by atoms with Gasteiger partial charge in [-0.25, -0.2) is 17.5 Å². The highest BCUT2D eigenvalue weighted by atomic mass is 32.2. The van der Waals surface area contributed by atoms with Crippen LogP contribution in [0.2, 0.25) is 0 Å². The van der Waals surface area contributed by atoms with Crippen molar-refractivity contribution in [1.82, 2.24) is 10.0 Å². The van der Waals surface area contributed by atoms with Crippen molar-refractivity contribution in [2.45, 2.75) is 36.6 Å². The maximum Gasteiger partial charge on any atom is 0.243 e. The van der Waals surface area contributed by atoms with Crippen molar-refractivity contribution in [1.29, 1.82) is 0 Å². The van der Waals surface area contributed by atoms with Crippen molar-refractivity contribution in [3.63, 3.8) is 0 Å². The second-order valence-corrected chi connectivity index (χ2v) is 6.51. The van der Waals surface area contributed by atoms with Gasteiger partial charge in [-0.2, -0.15) is 0 Å². The van der Waals surface area contributed by atoms with Crippen molar-refractivity contribution in [3.05, 3.63) is 30.1 Å². The molecule has 0 aliphatic heterocycles. The topological polar surface area (TPSA) is 75.3 Å². The summed E-state index contributed by atoms with van der Waals surface area (Å²) in [5.41, 5.74) is 0. The van der Waals surface area contributed by atoms with Crippen LogP contribution in [0.4, 0.5) is 4.39 Å². The molecule has 1 aliphatic rings. The maximum atomic E-state index is 13.4. The lowest BCUT2D eigenvalue weighted by Gasteiger charge is -2.07. The van der Waals surface area contributed by atoms with Gasteiger partial charge in [0.1, 0.15) is 10.7 Å². The Morgan fingerprint density at radius 2 is 2.00 bits per heavy atom. The van der Waals surface area contributed by atoms with Crippen LogP contribution in [0.15, 0.2) is 29.2 Å². The first-order valence-electron chi connectivity index (χ1n) is 6.52. The van der Waals surface area contributed by atoms with E-state index in [-0.39, 0.29) is 23.8 Å². The van der Waals surface area contributed by atoms with Gasteiger partial charge in [-0.1, -0.05) is 12.1 Å². The van der Waals surface area contributed by atoms with Crippen LogP contribution in [-0.4, -0.2) is 26.9 Å². The molecule has 0 unspecified atom stereocenters. The van der Waals surface area contributed by atoms with Gasteiger partial charge >= 0.3 is 0 Å². The molecule has 0 bridgehead atoms. The highest BCUT2D eigenvalue weighted by molar-refractivity contribution is 7.89. The van der Waals surface area contributed by atoms with E-state index in [1.54, 1.807) is 0 Å². The molecule has 0 aromatic heterocycles. The first kappa shape index (κ1) is 14.9. The number of amides is 1. The van der Waals surface area contributed by atoms with Crippen molar-refractivity contribution in [3.8, 4) is 0 Å². The van der Waals surface area contributed by atoms with E-state index >= 15 is 0 Å². The Morgan fingerprint density at radius 1 is 1.30 bits per heavy atom. The first-order valence-corrected chi connectivity index (χ1v) is 8.01. The molecule has 1 saturated carbocycles. The number of carbonyl (C=O) groups is 1. The van der Waals surface area contributed by atoms with Gasteiger partial charge in [0.05, 0.1) is 0 Å². The normalized spacial score (nSPS) is 15.1. The van der Waals surface area contributed by atoms with Gasteiger partial charge in [0, 0.05) is 19.0 Å². The molecule has 1 aromatic carbocycles. The van der Waals surface area contributed by atoms with Gasteiger partial charge in [0.15, 0.2) is 0 Å². The molecular weight excluding hydrogens is 283 g/mol. The van der Waals surface area contributed by atoms with E-state index in [1.807, 2.05) is 0 Å². The lowest BCUT2D eigenvalue weighted by Crippen LogP contribution is -2.28. The summed E-state index contributed by atoms with van der Waals surface area (Å²) in [5.74, 6) is -0.857. The number of rotatable bonds is 7. The Hall–Kier alpha value is -1.47. The Bertz CT molecular complexity index is 585. The number of hydrogen-bond donors (Lipinski definition) is 2. The highest BCUT2D eigenvalue weighted by Gasteiger charge is 2.23. The van der Waals surface area contributed by atoms with E-state index in [2.05, 4.69) is 10.0 Å². The van der Waals surface area contributed by atoms with E-state index in [9.17, 15) is 17.6 Å². The lowest BCUT2D eigenvalue weighted by atomic mass is 10.3. The average Bonchev–Trinajstić information content (AvgIpc) is 3.19. The van der Waals surface area contributed by atoms with E-state index < -0.39 is 15.8 Å². The Labute approximate surface area is 117 Å². The minimum absolute atomic E-state index is 0.0717. The summed E-state index contributed by atoms with van der Waals surface area (Å²) in [6.45, 7) is 0.106. The van der Waals surface area contributed by atoms with Crippen LogP contribution in [0, 0.1) is 5.82 Å². The molecule has 1 fully saturated rings. The quantitative estimate of drug-likeness (QED) is 0.742. The average molecular weight is 300 g/mol. The molecule has 0 atom stereocenters. The molecule has 110 valence electrons. The number of halogens is 1. The van der Waals surface area contributed by atoms with Crippen LogP contribution >= 0.6 is 0 Å². The largest absolute Gasteiger partial charge is 0.353 e. The predicted molar refractivity (Wildman–Crippen MR) is 72.0 cm³/mol. The van der Waals surface area contributed by atoms with E-state index in [0.717, 1.165) is 18.9 Å². The van der Waals surface area contributed by atoms with Crippen molar-refractivity contribution < 1.29 is 17.6 Å². The highest BCUT2D eigenvalue weighted by Crippen LogP contribution is 2.18. The van der Waals surface area contributed by atoms with Crippen molar-refractivity contribution in [2.24, 2.45) is 0 Å². The Kier molecular flexibility index (Phi) is 4.72. The molecule has 2 N–H and O–H groups in total. The summed E-state index contributed by atoms with van der Waals surface area (Å²) in [6, 6.07) is 5.49. The van der Waals surface area contributed by atoms with Crippen LogP contribution in [0.5, 0.6) is 0 Å². The first-order chi connectivity index (χ1) is 9.49. The van der Waals surface area contributed by atoms with Crippen molar-refractivity contribution >= 4 is 15.9 Å². The minimum Gasteiger partial charge on any atom is -0.353 e. The lowest BCUT2D eigenvalue weighted by molar-refractivity contribution is -0.121. The molecule has 20 heavy (non-hydrogen) atoms. The zero-order valence-corrected chi connectivity index (χ0v) is 11.7. The third kappa shape index (κ3) is 4.28. The second kappa shape index (κ2) is 6.32. The van der Waals surface area contributed by atoms with Gasteiger partial charge in [-0.05, 0) is 31.4 Å².